The molecule has 0 bridgehead atoms. The van der Waals surface area contributed by atoms with Crippen LogP contribution in [0.1, 0.15) is 0 Å². The first kappa shape index (κ1) is 32.4. The summed E-state index contributed by atoms with van der Waals surface area (Å²) in [5.41, 5.74) is 6.94. The predicted molar refractivity (Wildman–Crippen MR) is 219 cm³/mol. The molecule has 10 rings (SSSR count). The van der Waals surface area contributed by atoms with Gasteiger partial charge >= 0.3 is 13.7 Å². The number of fused-ring (bicyclic) bond motifs is 5. The Balaban J connectivity index is 1.23. The first-order valence-corrected chi connectivity index (χ1v) is 18.9. The highest BCUT2D eigenvalue weighted by molar-refractivity contribution is 7.00. The lowest BCUT2D eigenvalue weighted by Gasteiger charge is -2.21. The third-order valence-corrected chi connectivity index (χ3v) is 11.2. The summed E-state index contributed by atoms with van der Waals surface area (Å²) < 4.78 is 58.0. The molecule has 4 aromatic heterocycles. The molecule has 6 aromatic carbocycles. The third kappa shape index (κ3) is 5.13. The molecule has 12 heteroatoms. The van der Waals surface area contributed by atoms with Gasteiger partial charge in [-0.1, -0.05) is 143 Å². The summed E-state index contributed by atoms with van der Waals surface area (Å²) in [6.45, 7) is -0.548. The van der Waals surface area contributed by atoms with Gasteiger partial charge in [-0.25, -0.2) is 8.78 Å². The van der Waals surface area contributed by atoms with Gasteiger partial charge in [-0.15, -0.1) is 0 Å². The molecule has 0 saturated heterocycles. The Hall–Kier alpha value is -6.23. The fourth-order valence-electron chi connectivity index (χ4n) is 7.85. The van der Waals surface area contributed by atoms with E-state index in [1.54, 1.807) is 0 Å². The lowest BCUT2D eigenvalue weighted by Crippen LogP contribution is -2.48. The number of rotatable bonds is 8. The van der Waals surface area contributed by atoms with E-state index in [1.165, 1.54) is 0 Å². The number of aromatic nitrogens is 6. The quantitative estimate of drug-likeness (QED) is 0.153. The van der Waals surface area contributed by atoms with E-state index in [9.17, 15) is 0 Å². The monoisotopic (exact) mass is 738 g/mol. The van der Waals surface area contributed by atoms with Gasteiger partial charge in [0.15, 0.2) is 0 Å². The summed E-state index contributed by atoms with van der Waals surface area (Å²) in [6, 6.07) is 48.0. The van der Waals surface area contributed by atoms with Gasteiger partial charge in [0.25, 0.3) is 0 Å². The normalized spacial score (nSPS) is 11.5. The van der Waals surface area contributed by atoms with Crippen molar-refractivity contribution in [2.45, 2.75) is 0 Å². The Bertz CT molecular complexity index is 2650. The lowest BCUT2D eigenvalue weighted by molar-refractivity contribution is 0.634. The first-order chi connectivity index (χ1) is 26.7. The Morgan fingerprint density at radius 1 is 0.389 bits per heavy atom. The topological polar surface area (TPSA) is 61.4 Å². The lowest BCUT2D eigenvalue weighted by atomic mass is 9.50. The molecule has 0 saturated carbocycles. The summed E-state index contributed by atoms with van der Waals surface area (Å²) in [6.07, 6.45) is 3.89. The van der Waals surface area contributed by atoms with Crippen LogP contribution >= 0.6 is 23.5 Å². The second-order valence-corrected chi connectivity index (χ2v) is 14.2. The minimum atomic E-state index is -0.616. The van der Waals surface area contributed by atoms with Crippen molar-refractivity contribution >= 4 is 91.8 Å². The molecule has 10 aromatic rings. The Kier molecular flexibility index (Phi) is 8.00. The van der Waals surface area contributed by atoms with Crippen LogP contribution in [0.2, 0.25) is 0 Å². The van der Waals surface area contributed by atoms with E-state index in [4.69, 9.17) is 0 Å². The van der Waals surface area contributed by atoms with Crippen LogP contribution in [-0.2, 0) is 0 Å². The molecule has 0 aliphatic heterocycles. The molecule has 0 atom stereocenters. The zero-order valence-electron chi connectivity index (χ0n) is 28.4. The first-order valence-electron chi connectivity index (χ1n) is 17.4. The second-order valence-electron chi connectivity index (χ2n) is 13.1. The van der Waals surface area contributed by atoms with Crippen LogP contribution in [0.25, 0.3) is 55.4 Å². The molecule has 0 amide bonds. The summed E-state index contributed by atoms with van der Waals surface area (Å²) in [4.78, 5) is 0. The second kappa shape index (κ2) is 13.3. The van der Waals surface area contributed by atoms with Gasteiger partial charge < -0.3 is 8.96 Å². The standard InChI is InChI=1S/C42H26B2F2N6S2/c45-37-33(31-23-13-25-51(31)43(27-15-5-1-6-16-27)28-17-7-2-8-18-28)39-41(49-53-47-39)36-35(37)42-40(48-54-50-42)34(38(36)46)32-24-14-26-52(32)44(29-19-9-3-10-20-29)30-21-11-4-12-22-30/h1-26H. The van der Waals surface area contributed by atoms with Gasteiger partial charge in [-0.2, -0.15) is 17.5 Å². The Labute approximate surface area is 317 Å². The number of benzene rings is 6. The molecular formula is C42H26B2F2N6S2. The fourth-order valence-corrected chi connectivity index (χ4v) is 8.97. The smallest absolute Gasteiger partial charge is 0.327 e. The van der Waals surface area contributed by atoms with E-state index >= 15 is 8.78 Å². The van der Waals surface area contributed by atoms with Crippen molar-refractivity contribution < 1.29 is 8.78 Å². The highest BCUT2D eigenvalue weighted by Crippen LogP contribution is 2.45. The molecule has 0 aliphatic rings. The van der Waals surface area contributed by atoms with Gasteiger partial charge in [0.05, 0.1) is 45.4 Å². The van der Waals surface area contributed by atoms with Crippen LogP contribution in [0.4, 0.5) is 8.78 Å². The van der Waals surface area contributed by atoms with Gasteiger partial charge in [0, 0.05) is 11.4 Å². The molecule has 6 nitrogen and oxygen atoms in total. The molecule has 0 fully saturated rings. The summed E-state index contributed by atoms with van der Waals surface area (Å²) in [7, 11) is 0. The maximum absolute atomic E-state index is 17.7. The van der Waals surface area contributed by atoms with Crippen molar-refractivity contribution in [1.29, 1.82) is 0 Å². The highest BCUT2D eigenvalue weighted by atomic mass is 32.1. The molecule has 0 radical (unpaired) electrons. The average Bonchev–Trinajstić information content (AvgIpc) is 4.06. The van der Waals surface area contributed by atoms with Gasteiger partial charge in [0.2, 0.25) is 0 Å². The summed E-state index contributed by atoms with van der Waals surface area (Å²) in [5, 5.41) is 0.0828. The Morgan fingerprint density at radius 2 is 0.704 bits per heavy atom. The van der Waals surface area contributed by atoms with Crippen LogP contribution in [0.3, 0.4) is 0 Å². The predicted octanol–water partition coefficient (Wildman–Crippen LogP) is 7.37. The van der Waals surface area contributed by atoms with Gasteiger partial charge in [-0.05, 0) is 36.7 Å². The largest absolute Gasteiger partial charge is 0.382 e. The van der Waals surface area contributed by atoms with Crippen LogP contribution in [-0.4, -0.2) is 40.1 Å². The molecule has 4 heterocycles. The molecule has 0 aliphatic carbocycles. The van der Waals surface area contributed by atoms with Crippen molar-refractivity contribution in [3.8, 4) is 22.5 Å². The molecular weight excluding hydrogens is 712 g/mol. The number of hydrogen-bond donors (Lipinski definition) is 0. The maximum Gasteiger partial charge on any atom is 0.327 e. The summed E-state index contributed by atoms with van der Waals surface area (Å²) >= 11 is 1.87. The number of halogens is 2. The van der Waals surface area contributed by atoms with Crippen molar-refractivity contribution in [3.63, 3.8) is 0 Å². The molecule has 0 spiro atoms. The number of hydrogen-bond acceptors (Lipinski definition) is 6. The van der Waals surface area contributed by atoms with Gasteiger partial charge in [-0.3, -0.25) is 0 Å². The summed E-state index contributed by atoms with van der Waals surface area (Å²) in [5.74, 6) is -1.23. The average molecular weight is 738 g/mol. The minimum absolute atomic E-state index is 0.0414. The molecule has 0 unspecified atom stereocenters. The van der Waals surface area contributed by atoms with Crippen molar-refractivity contribution in [3.05, 3.63) is 170 Å². The van der Waals surface area contributed by atoms with Crippen LogP contribution in [0.15, 0.2) is 158 Å². The zero-order valence-corrected chi connectivity index (χ0v) is 30.1. The fraction of sp³-hybridized carbons (Fsp3) is 0. The van der Waals surface area contributed by atoms with E-state index in [0.29, 0.717) is 22.4 Å². The van der Waals surface area contributed by atoms with Crippen LogP contribution in [0.5, 0.6) is 0 Å². The molecule has 54 heavy (non-hydrogen) atoms. The third-order valence-electron chi connectivity index (χ3n) is 10.1. The van der Waals surface area contributed by atoms with Crippen LogP contribution < -0.4 is 21.9 Å². The zero-order chi connectivity index (χ0) is 36.2. The van der Waals surface area contributed by atoms with E-state index in [2.05, 4.69) is 75.0 Å². The van der Waals surface area contributed by atoms with E-state index in [0.717, 1.165) is 45.3 Å². The van der Waals surface area contributed by atoms with E-state index in [1.807, 2.05) is 109 Å². The maximum atomic E-state index is 17.7. The van der Waals surface area contributed by atoms with E-state index in [-0.39, 0.29) is 46.6 Å². The Morgan fingerprint density at radius 3 is 1.04 bits per heavy atom. The van der Waals surface area contributed by atoms with Gasteiger partial charge in [0.1, 0.15) is 33.7 Å². The highest BCUT2D eigenvalue weighted by Gasteiger charge is 2.33. The van der Waals surface area contributed by atoms with Crippen molar-refractivity contribution in [2.75, 3.05) is 0 Å². The SMILES string of the molecule is Fc1c(-c2cccn2B(c2ccccc2)c2ccccc2)c2nsnc2c2c(F)c(-c3cccn3B(c3ccccc3)c3ccccc3)c3nsnc3c12. The minimum Gasteiger partial charge on any atom is -0.382 e. The molecule has 0 N–H and O–H groups in total. The number of nitrogens with zero attached hydrogens (tertiary/aromatic N) is 6. The van der Waals surface area contributed by atoms with Crippen molar-refractivity contribution in [1.82, 2.24) is 26.5 Å². The van der Waals surface area contributed by atoms with Crippen molar-refractivity contribution in [2.24, 2.45) is 0 Å². The van der Waals surface area contributed by atoms with Crippen LogP contribution in [0, 0.1) is 11.6 Å². The molecule has 256 valence electrons. The van der Waals surface area contributed by atoms with E-state index < -0.39 is 11.6 Å².